The smallest absolute Gasteiger partial charge is 0.258 e. The minimum Gasteiger partial charge on any atom is -0.369 e. The third kappa shape index (κ3) is 5.10. The number of hydrogen-bond donors (Lipinski definition) is 1. The Balaban J connectivity index is 1.38. The Bertz CT molecular complexity index is 1250. The minimum atomic E-state index is -1.65. The van der Waals surface area contributed by atoms with Gasteiger partial charge in [0.15, 0.2) is 17.5 Å². The van der Waals surface area contributed by atoms with Crippen molar-refractivity contribution in [2.24, 2.45) is 5.92 Å². The number of carbonyl (C=O) groups excluding carboxylic acids is 1. The number of hydrogen-bond acceptors (Lipinski definition) is 3. The highest BCUT2D eigenvalue weighted by Gasteiger charge is 2.42. The Labute approximate surface area is 216 Å². The van der Waals surface area contributed by atoms with Gasteiger partial charge in [-0.05, 0) is 73.6 Å². The van der Waals surface area contributed by atoms with E-state index in [1.807, 2.05) is 18.2 Å². The lowest BCUT2D eigenvalue weighted by molar-refractivity contribution is 0.0299. The Hall–Kier alpha value is -3.32. The van der Waals surface area contributed by atoms with Crippen molar-refractivity contribution in [3.8, 4) is 0 Å². The summed E-state index contributed by atoms with van der Waals surface area (Å²) in [5, 5.41) is 2.69. The number of nitrogens with zero attached hydrogens (tertiary/aromatic N) is 2. The highest BCUT2D eigenvalue weighted by atomic mass is 19.2. The molecule has 2 fully saturated rings. The van der Waals surface area contributed by atoms with E-state index in [1.165, 1.54) is 5.69 Å². The molecule has 3 aromatic rings. The summed E-state index contributed by atoms with van der Waals surface area (Å²) in [4.78, 5) is 17.7. The first-order valence-electron chi connectivity index (χ1n) is 13.0. The van der Waals surface area contributed by atoms with Crippen molar-refractivity contribution in [2.45, 2.75) is 38.1 Å². The Morgan fingerprint density at radius 2 is 1.57 bits per heavy atom. The average molecular weight is 508 g/mol. The molecule has 1 saturated carbocycles. The summed E-state index contributed by atoms with van der Waals surface area (Å²) >= 11 is 0. The van der Waals surface area contributed by atoms with E-state index in [0.717, 1.165) is 69.6 Å². The largest absolute Gasteiger partial charge is 0.369 e. The van der Waals surface area contributed by atoms with Gasteiger partial charge in [-0.1, -0.05) is 37.3 Å². The molecular weight excluding hydrogens is 475 g/mol. The number of piperazine rings is 1. The van der Waals surface area contributed by atoms with Crippen molar-refractivity contribution >= 4 is 17.3 Å². The molecule has 0 unspecified atom stereocenters. The molecule has 5 rings (SSSR count). The molecule has 0 spiro atoms. The number of nitrogens with one attached hydrogen (secondary N) is 1. The fourth-order valence-corrected chi connectivity index (χ4v) is 5.84. The molecule has 4 nitrogen and oxygen atoms in total. The van der Waals surface area contributed by atoms with Crippen LogP contribution in [0, 0.1) is 23.4 Å². The predicted molar refractivity (Wildman–Crippen MR) is 140 cm³/mol. The van der Waals surface area contributed by atoms with Gasteiger partial charge in [-0.15, -0.1) is 0 Å². The van der Waals surface area contributed by atoms with Crippen molar-refractivity contribution < 1.29 is 18.0 Å². The summed E-state index contributed by atoms with van der Waals surface area (Å²) in [5.74, 6) is -4.60. The van der Waals surface area contributed by atoms with Gasteiger partial charge in [0.05, 0.1) is 5.56 Å². The highest BCUT2D eigenvalue weighted by Crippen LogP contribution is 2.45. The minimum absolute atomic E-state index is 0.150. The fourth-order valence-electron chi connectivity index (χ4n) is 5.84. The predicted octanol–water partition coefficient (Wildman–Crippen LogP) is 6.58. The summed E-state index contributed by atoms with van der Waals surface area (Å²) in [5.41, 5.74) is 2.19. The molecule has 1 aliphatic carbocycles. The van der Waals surface area contributed by atoms with Crippen molar-refractivity contribution in [3.05, 3.63) is 95.3 Å². The molecule has 194 valence electrons. The third-order valence-corrected chi connectivity index (χ3v) is 8.05. The summed E-state index contributed by atoms with van der Waals surface area (Å²) in [6, 6.07) is 19.9. The third-order valence-electron chi connectivity index (χ3n) is 8.05. The molecule has 7 heteroatoms. The molecule has 0 aromatic heterocycles. The number of halogens is 3. The van der Waals surface area contributed by atoms with Gasteiger partial charge in [0, 0.05) is 43.1 Å². The first-order valence-corrected chi connectivity index (χ1v) is 13.0. The molecule has 0 bridgehead atoms. The molecule has 3 aromatic carbocycles. The lowest BCUT2D eigenvalue weighted by Gasteiger charge is -2.51. The van der Waals surface area contributed by atoms with Crippen LogP contribution in [0.2, 0.25) is 0 Å². The average Bonchev–Trinajstić information content (AvgIpc) is 2.93. The lowest BCUT2D eigenvalue weighted by Crippen LogP contribution is -2.56. The van der Waals surface area contributed by atoms with E-state index >= 15 is 0 Å². The van der Waals surface area contributed by atoms with Gasteiger partial charge in [-0.25, -0.2) is 13.2 Å². The number of amides is 1. The van der Waals surface area contributed by atoms with E-state index in [4.69, 9.17) is 0 Å². The summed E-state index contributed by atoms with van der Waals surface area (Å²) < 4.78 is 41.2. The van der Waals surface area contributed by atoms with Crippen LogP contribution in [0.25, 0.3) is 0 Å². The van der Waals surface area contributed by atoms with E-state index in [9.17, 15) is 18.0 Å². The number of rotatable bonds is 5. The maximum Gasteiger partial charge on any atom is 0.258 e. The van der Waals surface area contributed by atoms with Gasteiger partial charge in [-0.2, -0.15) is 0 Å². The summed E-state index contributed by atoms with van der Waals surface area (Å²) in [7, 11) is 0. The zero-order valence-corrected chi connectivity index (χ0v) is 21.0. The first-order chi connectivity index (χ1) is 17.9. The number of carbonyl (C=O) groups is 1. The van der Waals surface area contributed by atoms with E-state index in [1.54, 1.807) is 6.07 Å². The number of benzene rings is 3. The molecule has 1 N–H and O–H groups in total. The van der Waals surface area contributed by atoms with Crippen LogP contribution in [0.1, 0.15) is 48.5 Å². The second-order valence-electron chi connectivity index (χ2n) is 10.3. The second-order valence-corrected chi connectivity index (χ2v) is 10.3. The van der Waals surface area contributed by atoms with Crippen LogP contribution in [-0.4, -0.2) is 37.0 Å². The van der Waals surface area contributed by atoms with Crippen LogP contribution in [0.3, 0.4) is 0 Å². The number of anilines is 2. The van der Waals surface area contributed by atoms with Gasteiger partial charge in [0.25, 0.3) is 5.91 Å². The van der Waals surface area contributed by atoms with Crippen molar-refractivity contribution in [1.82, 2.24) is 4.90 Å². The zero-order valence-electron chi connectivity index (χ0n) is 21.0. The topological polar surface area (TPSA) is 35.6 Å². The fraction of sp³-hybridized carbons (Fsp3) is 0.367. The van der Waals surface area contributed by atoms with Crippen molar-refractivity contribution in [2.75, 3.05) is 36.4 Å². The summed E-state index contributed by atoms with van der Waals surface area (Å²) in [6.45, 7) is 6.03. The first kappa shape index (κ1) is 25.3. The molecule has 1 saturated heterocycles. The van der Waals surface area contributed by atoms with E-state index < -0.39 is 28.9 Å². The Morgan fingerprint density at radius 3 is 2.27 bits per heavy atom. The summed E-state index contributed by atoms with van der Waals surface area (Å²) in [6.07, 6.45) is 4.29. The van der Waals surface area contributed by atoms with Crippen LogP contribution < -0.4 is 10.2 Å². The van der Waals surface area contributed by atoms with Crippen LogP contribution in [0.15, 0.2) is 66.7 Å². The van der Waals surface area contributed by atoms with Gasteiger partial charge >= 0.3 is 0 Å². The van der Waals surface area contributed by atoms with Crippen molar-refractivity contribution in [3.63, 3.8) is 0 Å². The van der Waals surface area contributed by atoms with Crippen LogP contribution in [0.5, 0.6) is 0 Å². The van der Waals surface area contributed by atoms with E-state index in [2.05, 4.69) is 52.4 Å². The molecule has 1 amide bonds. The lowest BCUT2D eigenvalue weighted by atomic mass is 9.71. The molecule has 37 heavy (non-hydrogen) atoms. The molecule has 0 radical (unpaired) electrons. The van der Waals surface area contributed by atoms with Gasteiger partial charge in [0.1, 0.15) is 0 Å². The monoisotopic (exact) mass is 507 g/mol. The van der Waals surface area contributed by atoms with Gasteiger partial charge in [0.2, 0.25) is 0 Å². The Kier molecular flexibility index (Phi) is 7.24. The molecule has 2 aliphatic rings. The van der Waals surface area contributed by atoms with Crippen molar-refractivity contribution in [1.29, 1.82) is 0 Å². The van der Waals surface area contributed by atoms with Gasteiger partial charge in [-0.3, -0.25) is 9.69 Å². The van der Waals surface area contributed by atoms with E-state index in [-0.39, 0.29) is 5.54 Å². The van der Waals surface area contributed by atoms with Crippen LogP contribution >= 0.6 is 0 Å². The van der Waals surface area contributed by atoms with E-state index in [0.29, 0.717) is 11.6 Å². The normalized spacial score (nSPS) is 22.6. The van der Waals surface area contributed by atoms with Crippen LogP contribution in [-0.2, 0) is 5.54 Å². The highest BCUT2D eigenvalue weighted by molar-refractivity contribution is 6.04. The maximum atomic E-state index is 14.2. The molecule has 1 heterocycles. The Morgan fingerprint density at radius 1 is 0.865 bits per heavy atom. The molecular formula is C30H32F3N3O. The standard InChI is InChI=1S/C30H32F3N3O/c1-21-12-14-30(15-13-21,36-18-16-35(17-19-36)24-8-3-2-4-9-24)22-6-5-7-23(20-22)34-29(37)25-10-11-26(31)28(33)27(25)32/h2-11,20-21H,12-19H2,1H3,(H,34,37)/t21-,30-. The quantitative estimate of drug-likeness (QED) is 0.396. The SMILES string of the molecule is C[C@H]1CC[C@](c2cccc(NC(=O)c3ccc(F)c(F)c3F)c2)(N2CCN(c3ccccc3)CC2)CC1. The number of para-hydroxylation sites is 1. The second kappa shape index (κ2) is 10.6. The molecule has 1 aliphatic heterocycles. The molecule has 0 atom stereocenters. The maximum absolute atomic E-state index is 14.2. The van der Waals surface area contributed by atoms with Crippen LogP contribution in [0.4, 0.5) is 24.5 Å². The zero-order chi connectivity index (χ0) is 26.0. The van der Waals surface area contributed by atoms with Gasteiger partial charge < -0.3 is 10.2 Å².